The Morgan fingerprint density at radius 1 is 1.32 bits per heavy atom. The largest absolute Gasteiger partial charge is 0.328 e. The van der Waals surface area contributed by atoms with Gasteiger partial charge in [0, 0.05) is 13.0 Å². The summed E-state index contributed by atoms with van der Waals surface area (Å²) in [5.74, 6) is -0.526. The van der Waals surface area contributed by atoms with Gasteiger partial charge in [-0.2, -0.15) is 0 Å². The molecule has 1 aromatic carbocycles. The van der Waals surface area contributed by atoms with Crippen molar-refractivity contribution in [2.45, 2.75) is 38.1 Å². The molecule has 2 amide bonds. The molecule has 1 saturated heterocycles. The monoisotopic (exact) mass is 260 g/mol. The van der Waals surface area contributed by atoms with Gasteiger partial charge in [-0.1, -0.05) is 43.7 Å². The fourth-order valence-electron chi connectivity index (χ4n) is 2.67. The lowest BCUT2D eigenvalue weighted by Gasteiger charge is -2.25. The molecule has 0 aromatic heterocycles. The van der Waals surface area contributed by atoms with E-state index in [0.29, 0.717) is 6.54 Å². The third-order valence-electron chi connectivity index (χ3n) is 3.64. The van der Waals surface area contributed by atoms with Crippen molar-refractivity contribution in [1.29, 1.82) is 0 Å². The molecule has 1 aliphatic heterocycles. The molecule has 2 N–H and O–H groups in total. The molecule has 1 heterocycles. The number of carbonyl (C=O) groups excluding carboxylic acids is 2. The Labute approximate surface area is 113 Å². The fourth-order valence-corrected chi connectivity index (χ4v) is 2.67. The van der Waals surface area contributed by atoms with Gasteiger partial charge in [0.1, 0.15) is 0 Å². The Morgan fingerprint density at radius 3 is 2.58 bits per heavy atom. The molecule has 1 aromatic rings. The van der Waals surface area contributed by atoms with Gasteiger partial charge in [0.15, 0.2) is 0 Å². The van der Waals surface area contributed by atoms with Gasteiger partial charge < -0.3 is 5.73 Å². The van der Waals surface area contributed by atoms with Crippen molar-refractivity contribution in [3.8, 4) is 0 Å². The van der Waals surface area contributed by atoms with Crippen LogP contribution in [-0.2, 0) is 9.59 Å². The van der Waals surface area contributed by atoms with Crippen molar-refractivity contribution in [2.24, 2.45) is 5.73 Å². The number of likely N-dealkylation sites (tertiary alicyclic amines) is 1. The minimum absolute atomic E-state index is 0.0947. The number of benzene rings is 1. The topological polar surface area (TPSA) is 63.4 Å². The first-order valence-corrected chi connectivity index (χ1v) is 6.80. The van der Waals surface area contributed by atoms with Gasteiger partial charge in [-0.05, 0) is 12.0 Å². The van der Waals surface area contributed by atoms with E-state index in [2.05, 4.69) is 0 Å². The van der Waals surface area contributed by atoms with Gasteiger partial charge >= 0.3 is 0 Å². The smallest absolute Gasteiger partial charge is 0.237 e. The van der Waals surface area contributed by atoms with Crippen LogP contribution in [0.2, 0.25) is 0 Å². The molecule has 0 bridgehead atoms. The molecular formula is C15H20N2O2. The van der Waals surface area contributed by atoms with Crippen LogP contribution in [0.5, 0.6) is 0 Å². The average molecular weight is 260 g/mol. The van der Waals surface area contributed by atoms with Crippen LogP contribution < -0.4 is 5.73 Å². The molecule has 0 radical (unpaired) electrons. The number of imide groups is 1. The molecule has 2 atom stereocenters. The van der Waals surface area contributed by atoms with Crippen LogP contribution in [0.3, 0.4) is 0 Å². The molecule has 4 nitrogen and oxygen atoms in total. The summed E-state index contributed by atoms with van der Waals surface area (Å²) in [5.41, 5.74) is 6.61. The van der Waals surface area contributed by atoms with Crippen molar-refractivity contribution in [2.75, 3.05) is 6.54 Å². The first kappa shape index (κ1) is 13.7. The number of nitrogens with two attached hydrogens (primary N) is 1. The van der Waals surface area contributed by atoms with E-state index in [1.54, 1.807) is 0 Å². The maximum absolute atomic E-state index is 12.4. The fraction of sp³-hybridized carbons (Fsp3) is 0.467. The Morgan fingerprint density at radius 2 is 2.00 bits per heavy atom. The Bertz CT molecular complexity index is 458. The van der Waals surface area contributed by atoms with E-state index in [4.69, 9.17) is 5.73 Å². The summed E-state index contributed by atoms with van der Waals surface area (Å²) < 4.78 is 0. The highest BCUT2D eigenvalue weighted by Gasteiger charge is 2.42. The minimum Gasteiger partial charge on any atom is -0.328 e. The number of rotatable bonds is 5. The number of amides is 2. The molecule has 2 unspecified atom stereocenters. The maximum Gasteiger partial charge on any atom is 0.237 e. The van der Waals surface area contributed by atoms with E-state index in [0.717, 1.165) is 18.4 Å². The minimum atomic E-state index is -0.334. The predicted molar refractivity (Wildman–Crippen MR) is 73.4 cm³/mol. The molecule has 0 saturated carbocycles. The third kappa shape index (κ3) is 2.68. The van der Waals surface area contributed by atoms with Crippen molar-refractivity contribution >= 4 is 11.8 Å². The van der Waals surface area contributed by atoms with Crippen LogP contribution in [0.4, 0.5) is 0 Å². The highest BCUT2D eigenvalue weighted by Crippen LogP contribution is 2.31. The number of hydrogen-bond donors (Lipinski definition) is 1. The third-order valence-corrected chi connectivity index (χ3v) is 3.64. The lowest BCUT2D eigenvalue weighted by atomic mass is 9.98. The normalized spacial score (nSPS) is 20.9. The second kappa shape index (κ2) is 5.97. The van der Waals surface area contributed by atoms with Gasteiger partial charge in [-0.25, -0.2) is 0 Å². The van der Waals surface area contributed by atoms with Gasteiger partial charge in [-0.15, -0.1) is 0 Å². The maximum atomic E-state index is 12.4. The van der Waals surface area contributed by atoms with Crippen molar-refractivity contribution in [1.82, 2.24) is 4.90 Å². The Kier molecular flexibility index (Phi) is 4.32. The lowest BCUT2D eigenvalue weighted by molar-refractivity contribution is -0.141. The van der Waals surface area contributed by atoms with Crippen molar-refractivity contribution in [3.63, 3.8) is 0 Å². The molecule has 4 heteroatoms. The zero-order valence-electron chi connectivity index (χ0n) is 11.2. The van der Waals surface area contributed by atoms with Gasteiger partial charge in [0.05, 0.1) is 12.0 Å². The van der Waals surface area contributed by atoms with Crippen LogP contribution in [0.25, 0.3) is 0 Å². The summed E-state index contributed by atoms with van der Waals surface area (Å²) in [6.45, 7) is 2.37. The van der Waals surface area contributed by atoms with Crippen LogP contribution in [0, 0.1) is 0 Å². The zero-order valence-corrected chi connectivity index (χ0v) is 11.2. The molecular weight excluding hydrogens is 240 g/mol. The SMILES string of the molecule is CCCC(CN)N1C(=O)CC(c2ccccc2)C1=O. The van der Waals surface area contributed by atoms with Crippen molar-refractivity contribution < 1.29 is 9.59 Å². The summed E-state index contributed by atoms with van der Waals surface area (Å²) in [6, 6.07) is 9.33. The molecule has 1 fully saturated rings. The number of nitrogens with zero attached hydrogens (tertiary/aromatic N) is 1. The van der Waals surface area contributed by atoms with Crippen LogP contribution in [0.1, 0.15) is 37.7 Å². The first-order valence-electron chi connectivity index (χ1n) is 6.80. The molecule has 0 aliphatic carbocycles. The van der Waals surface area contributed by atoms with E-state index in [1.165, 1.54) is 4.90 Å². The van der Waals surface area contributed by atoms with Crippen LogP contribution >= 0.6 is 0 Å². The van der Waals surface area contributed by atoms with E-state index in [9.17, 15) is 9.59 Å². The number of hydrogen-bond acceptors (Lipinski definition) is 3. The molecule has 0 spiro atoms. The van der Waals surface area contributed by atoms with E-state index >= 15 is 0 Å². The summed E-state index contributed by atoms with van der Waals surface area (Å²) in [6.07, 6.45) is 1.95. The van der Waals surface area contributed by atoms with E-state index in [-0.39, 0.29) is 30.2 Å². The second-order valence-corrected chi connectivity index (χ2v) is 4.95. The van der Waals surface area contributed by atoms with Crippen LogP contribution in [-0.4, -0.2) is 29.3 Å². The number of carbonyl (C=O) groups is 2. The van der Waals surface area contributed by atoms with Gasteiger partial charge in [0.25, 0.3) is 0 Å². The quantitative estimate of drug-likeness (QED) is 0.819. The summed E-state index contributed by atoms with van der Waals surface area (Å²) >= 11 is 0. The highest BCUT2D eigenvalue weighted by molar-refractivity contribution is 6.06. The first-order chi connectivity index (χ1) is 9.19. The van der Waals surface area contributed by atoms with Gasteiger partial charge in [-0.3, -0.25) is 14.5 Å². The predicted octanol–water partition coefficient (Wildman–Crippen LogP) is 1.66. The van der Waals surface area contributed by atoms with Gasteiger partial charge in [0.2, 0.25) is 11.8 Å². The van der Waals surface area contributed by atoms with Crippen LogP contribution in [0.15, 0.2) is 30.3 Å². The zero-order chi connectivity index (χ0) is 13.8. The highest BCUT2D eigenvalue weighted by atomic mass is 16.2. The molecule has 1 aliphatic rings. The van der Waals surface area contributed by atoms with E-state index in [1.807, 2.05) is 37.3 Å². The van der Waals surface area contributed by atoms with E-state index < -0.39 is 0 Å². The Balaban J connectivity index is 2.21. The lowest BCUT2D eigenvalue weighted by Crippen LogP contribution is -2.44. The standard InChI is InChI=1S/C15H20N2O2/c1-2-6-12(10-16)17-14(18)9-13(15(17)19)11-7-4-3-5-8-11/h3-5,7-8,12-13H,2,6,9-10,16H2,1H3. The summed E-state index contributed by atoms with van der Waals surface area (Å²) in [7, 11) is 0. The summed E-state index contributed by atoms with van der Waals surface area (Å²) in [5, 5.41) is 0. The second-order valence-electron chi connectivity index (χ2n) is 4.95. The summed E-state index contributed by atoms with van der Waals surface area (Å²) in [4.78, 5) is 25.9. The molecule has 2 rings (SSSR count). The molecule has 19 heavy (non-hydrogen) atoms. The van der Waals surface area contributed by atoms with Crippen molar-refractivity contribution in [3.05, 3.63) is 35.9 Å². The average Bonchev–Trinajstić information content (AvgIpc) is 2.73. The molecule has 102 valence electrons. The Hall–Kier alpha value is -1.68.